The molecule has 0 radical (unpaired) electrons. The number of carbonyl (C=O) groups excluding carboxylic acids is 1. The second-order valence-electron chi connectivity index (χ2n) is 6.55. The van der Waals surface area contributed by atoms with E-state index in [1.54, 1.807) is 4.90 Å². The summed E-state index contributed by atoms with van der Waals surface area (Å²) in [5.74, 6) is 0. The average Bonchev–Trinajstić information content (AvgIpc) is 2.58. The third-order valence-electron chi connectivity index (χ3n) is 3.31. The summed E-state index contributed by atoms with van der Waals surface area (Å²) in [6.45, 7) is 14.3. The lowest BCUT2D eigenvalue weighted by Crippen LogP contribution is -2.43. The van der Waals surface area contributed by atoms with Crippen LogP contribution < -0.4 is 5.73 Å². The predicted molar refractivity (Wildman–Crippen MR) is 98.8 cm³/mol. The number of amides is 1. The highest BCUT2D eigenvalue weighted by atomic mass is 16.6. The van der Waals surface area contributed by atoms with Crippen LogP contribution in [0.15, 0.2) is 0 Å². The maximum absolute atomic E-state index is 12.0. The summed E-state index contributed by atoms with van der Waals surface area (Å²) in [6.07, 6.45) is 1.61. The number of nitrogens with two attached hydrogens (primary N) is 1. The van der Waals surface area contributed by atoms with Crippen LogP contribution in [0.2, 0.25) is 0 Å². The number of hydrogen-bond donors (Lipinski definition) is 1. The number of piperidine rings is 1. The number of carbonyl (C=O) groups is 1. The van der Waals surface area contributed by atoms with Crippen LogP contribution in [0.1, 0.15) is 47.5 Å². The van der Waals surface area contributed by atoms with E-state index in [9.17, 15) is 4.79 Å². The lowest BCUT2D eigenvalue weighted by molar-refractivity contribution is -0.0353. The molecule has 150 valence electrons. The molecule has 25 heavy (non-hydrogen) atoms. The van der Waals surface area contributed by atoms with Crippen molar-refractivity contribution in [1.29, 1.82) is 0 Å². The van der Waals surface area contributed by atoms with E-state index in [-0.39, 0.29) is 12.2 Å². The zero-order chi connectivity index (χ0) is 19.1. The highest BCUT2D eigenvalue weighted by Gasteiger charge is 2.26. The van der Waals surface area contributed by atoms with Crippen molar-refractivity contribution in [2.45, 2.75) is 59.2 Å². The Balaban J connectivity index is 0.00000277. The van der Waals surface area contributed by atoms with Gasteiger partial charge in [0.2, 0.25) is 0 Å². The van der Waals surface area contributed by atoms with Crippen molar-refractivity contribution < 1.29 is 23.7 Å². The van der Waals surface area contributed by atoms with Gasteiger partial charge in [-0.15, -0.1) is 0 Å². The van der Waals surface area contributed by atoms with Crippen molar-refractivity contribution in [3.63, 3.8) is 0 Å². The molecule has 0 aliphatic carbocycles. The van der Waals surface area contributed by atoms with Crippen molar-refractivity contribution in [2.75, 3.05) is 52.7 Å². The largest absolute Gasteiger partial charge is 0.444 e. The molecule has 1 saturated heterocycles. The molecule has 0 spiro atoms. The van der Waals surface area contributed by atoms with Gasteiger partial charge in [0.15, 0.2) is 0 Å². The second kappa shape index (κ2) is 14.3. The highest BCUT2D eigenvalue weighted by molar-refractivity contribution is 5.68. The van der Waals surface area contributed by atoms with Gasteiger partial charge in [-0.1, -0.05) is 13.8 Å². The minimum absolute atomic E-state index is 0.186. The predicted octanol–water partition coefficient (Wildman–Crippen LogP) is 2.42. The van der Waals surface area contributed by atoms with Crippen LogP contribution in [0.4, 0.5) is 4.79 Å². The molecule has 0 unspecified atom stereocenters. The van der Waals surface area contributed by atoms with E-state index in [4.69, 9.17) is 24.7 Å². The van der Waals surface area contributed by atoms with E-state index in [1.807, 2.05) is 34.6 Å². The SMILES string of the molecule is CC.CC(C)(C)OC(=O)N1CCC(OCCOCCOCCN)CC1. The Morgan fingerprint density at radius 1 is 1.00 bits per heavy atom. The zero-order valence-electron chi connectivity index (χ0n) is 16.7. The Kier molecular flexibility index (Phi) is 13.8. The molecule has 7 heteroatoms. The van der Waals surface area contributed by atoms with Crippen molar-refractivity contribution >= 4 is 6.09 Å². The highest BCUT2D eigenvalue weighted by Crippen LogP contribution is 2.17. The molecule has 0 saturated carbocycles. The first kappa shape index (κ1) is 24.1. The van der Waals surface area contributed by atoms with Crippen LogP contribution in [0, 0.1) is 0 Å². The van der Waals surface area contributed by atoms with E-state index < -0.39 is 5.60 Å². The van der Waals surface area contributed by atoms with Crippen molar-refractivity contribution in [1.82, 2.24) is 4.90 Å². The maximum atomic E-state index is 12.0. The van der Waals surface area contributed by atoms with Crippen LogP contribution in [0.25, 0.3) is 0 Å². The fourth-order valence-corrected chi connectivity index (χ4v) is 2.21. The van der Waals surface area contributed by atoms with Gasteiger partial charge in [0.1, 0.15) is 5.60 Å². The summed E-state index contributed by atoms with van der Waals surface area (Å²) < 4.78 is 21.8. The number of rotatable bonds is 9. The molecule has 2 N–H and O–H groups in total. The molecule has 0 atom stereocenters. The van der Waals surface area contributed by atoms with E-state index in [2.05, 4.69) is 0 Å². The molecule has 1 fully saturated rings. The third-order valence-corrected chi connectivity index (χ3v) is 3.31. The Hall–Kier alpha value is -0.890. The summed E-state index contributed by atoms with van der Waals surface area (Å²) in [6, 6.07) is 0. The van der Waals surface area contributed by atoms with Gasteiger partial charge < -0.3 is 29.6 Å². The Morgan fingerprint density at radius 3 is 2.04 bits per heavy atom. The van der Waals surface area contributed by atoms with Gasteiger partial charge in [-0.05, 0) is 33.6 Å². The normalized spacial score (nSPS) is 15.5. The van der Waals surface area contributed by atoms with Crippen LogP contribution in [-0.4, -0.2) is 75.4 Å². The second-order valence-corrected chi connectivity index (χ2v) is 6.55. The summed E-state index contributed by atoms with van der Waals surface area (Å²) in [4.78, 5) is 13.7. The molecule has 0 aromatic heterocycles. The van der Waals surface area contributed by atoms with Gasteiger partial charge in [-0.3, -0.25) is 0 Å². The summed E-state index contributed by atoms with van der Waals surface area (Å²) in [5.41, 5.74) is 4.87. The smallest absolute Gasteiger partial charge is 0.410 e. The summed E-state index contributed by atoms with van der Waals surface area (Å²) >= 11 is 0. The first-order valence-electron chi connectivity index (χ1n) is 9.37. The molecule has 0 aromatic rings. The standard InChI is InChI=1S/C16H32N2O5.C2H6/c1-16(2,3)23-15(19)18-7-4-14(5-8-18)22-13-12-21-11-10-20-9-6-17;1-2/h14H,4-13,17H2,1-3H3;1-2H3. The van der Waals surface area contributed by atoms with Gasteiger partial charge >= 0.3 is 6.09 Å². The molecule has 1 aliphatic heterocycles. The van der Waals surface area contributed by atoms with Gasteiger partial charge in [-0.2, -0.15) is 0 Å². The molecule has 1 aliphatic rings. The summed E-state index contributed by atoms with van der Waals surface area (Å²) in [5, 5.41) is 0. The molecule has 1 heterocycles. The van der Waals surface area contributed by atoms with Gasteiger partial charge in [0, 0.05) is 19.6 Å². The van der Waals surface area contributed by atoms with E-state index in [1.165, 1.54) is 0 Å². The first-order chi connectivity index (χ1) is 11.9. The van der Waals surface area contributed by atoms with Crippen molar-refractivity contribution in [3.05, 3.63) is 0 Å². The quantitative estimate of drug-likeness (QED) is 0.634. The fraction of sp³-hybridized carbons (Fsp3) is 0.944. The molecule has 0 bridgehead atoms. The van der Waals surface area contributed by atoms with Gasteiger partial charge in [0.25, 0.3) is 0 Å². The molecule has 0 aromatic carbocycles. The average molecular weight is 363 g/mol. The van der Waals surface area contributed by atoms with E-state index >= 15 is 0 Å². The van der Waals surface area contributed by atoms with Crippen LogP contribution in [0.3, 0.4) is 0 Å². The number of ether oxygens (including phenoxy) is 4. The van der Waals surface area contributed by atoms with Crippen LogP contribution in [-0.2, 0) is 18.9 Å². The minimum Gasteiger partial charge on any atom is -0.444 e. The van der Waals surface area contributed by atoms with Gasteiger partial charge in [-0.25, -0.2) is 4.79 Å². The first-order valence-corrected chi connectivity index (χ1v) is 9.37. The van der Waals surface area contributed by atoms with E-state index in [0.717, 1.165) is 12.8 Å². The third kappa shape index (κ3) is 13.0. The molecule has 1 rings (SSSR count). The topological polar surface area (TPSA) is 83.2 Å². The van der Waals surface area contributed by atoms with Crippen LogP contribution in [0.5, 0.6) is 0 Å². The number of nitrogens with zero attached hydrogens (tertiary/aromatic N) is 1. The Labute approximate surface area is 153 Å². The number of hydrogen-bond acceptors (Lipinski definition) is 6. The van der Waals surface area contributed by atoms with Crippen LogP contribution >= 0.6 is 0 Å². The monoisotopic (exact) mass is 362 g/mol. The van der Waals surface area contributed by atoms with Crippen molar-refractivity contribution in [3.8, 4) is 0 Å². The zero-order valence-corrected chi connectivity index (χ0v) is 16.7. The fourth-order valence-electron chi connectivity index (χ4n) is 2.21. The molecular weight excluding hydrogens is 324 g/mol. The molecule has 1 amide bonds. The minimum atomic E-state index is -0.449. The van der Waals surface area contributed by atoms with E-state index in [0.29, 0.717) is 52.7 Å². The number of likely N-dealkylation sites (tertiary alicyclic amines) is 1. The Bertz CT molecular complexity index is 326. The Morgan fingerprint density at radius 2 is 1.52 bits per heavy atom. The maximum Gasteiger partial charge on any atom is 0.410 e. The lowest BCUT2D eigenvalue weighted by atomic mass is 10.1. The van der Waals surface area contributed by atoms with Gasteiger partial charge in [0.05, 0.1) is 39.1 Å². The molecule has 7 nitrogen and oxygen atoms in total. The lowest BCUT2D eigenvalue weighted by Gasteiger charge is -2.33. The van der Waals surface area contributed by atoms with Crippen molar-refractivity contribution in [2.24, 2.45) is 5.73 Å². The molecular formula is C18H38N2O5. The summed E-state index contributed by atoms with van der Waals surface area (Å²) in [7, 11) is 0.